The number of hydrogen-bond donors (Lipinski definition) is 4. The van der Waals surface area contributed by atoms with Crippen LogP contribution < -0.4 is 10.5 Å². The number of nitrogens with two attached hydrogens (primary N) is 1. The summed E-state index contributed by atoms with van der Waals surface area (Å²) in [6, 6.07) is -2.22. The Labute approximate surface area is 155 Å². The average molecular weight is 425 g/mol. The van der Waals surface area contributed by atoms with Crippen LogP contribution in [-0.4, -0.2) is 73.0 Å². The summed E-state index contributed by atoms with van der Waals surface area (Å²) in [4.78, 5) is 25.6. The van der Waals surface area contributed by atoms with Crippen LogP contribution in [0.5, 0.6) is 0 Å². The van der Waals surface area contributed by atoms with Crippen molar-refractivity contribution in [1.82, 2.24) is 15.3 Å². The highest BCUT2D eigenvalue weighted by Gasteiger charge is 2.49. The monoisotopic (exact) mass is 425 g/mol. The van der Waals surface area contributed by atoms with E-state index in [1.54, 1.807) is 0 Å². The number of carbonyl (C=O) groups is 2. The lowest BCUT2D eigenvalue weighted by molar-refractivity contribution is -0.125. The molecule has 2 bridgehead atoms. The molecule has 3 rings (SSSR count). The van der Waals surface area contributed by atoms with E-state index in [0.29, 0.717) is 11.5 Å². The first-order chi connectivity index (χ1) is 12.4. The molecule has 0 radical (unpaired) electrons. The molecule has 0 aromatic carbocycles. The fourth-order valence-corrected chi connectivity index (χ4v) is 4.89. The first kappa shape index (κ1) is 19.9. The van der Waals surface area contributed by atoms with Crippen molar-refractivity contribution in [2.24, 2.45) is 11.1 Å². The minimum Gasteiger partial charge on any atom is -0.313 e. The van der Waals surface area contributed by atoms with Gasteiger partial charge in [-0.15, -0.1) is 4.28 Å². The molecule has 2 unspecified atom stereocenters. The summed E-state index contributed by atoms with van der Waals surface area (Å²) in [5, 5.41) is 15.2. The molecule has 3 fully saturated rings. The number of hydroxylamine groups is 2. The number of piperidine rings is 1. The van der Waals surface area contributed by atoms with Gasteiger partial charge in [-0.05, 0) is 25.7 Å². The Hall–Kier alpha value is -1.81. The van der Waals surface area contributed by atoms with Crippen LogP contribution in [0.2, 0.25) is 0 Å². The Balaban J connectivity index is 1.59. The maximum atomic E-state index is 12.3. The number of amides is 3. The summed E-state index contributed by atoms with van der Waals surface area (Å²) < 4.78 is 57.2. The molecule has 1 aliphatic carbocycles. The predicted octanol–water partition coefficient (Wildman–Crippen LogP) is -1.85. The van der Waals surface area contributed by atoms with E-state index in [4.69, 9.17) is 15.1 Å². The average Bonchev–Trinajstić information content (AvgIpc) is 2.67. The van der Waals surface area contributed by atoms with Crippen molar-refractivity contribution in [3.63, 3.8) is 0 Å². The molecule has 2 heterocycles. The zero-order valence-corrected chi connectivity index (χ0v) is 15.6. The van der Waals surface area contributed by atoms with E-state index in [9.17, 15) is 26.4 Å². The summed E-state index contributed by atoms with van der Waals surface area (Å²) in [6.45, 7) is 0.0776. The number of rotatable bonds is 5. The van der Waals surface area contributed by atoms with Gasteiger partial charge in [0.25, 0.3) is 0 Å². The van der Waals surface area contributed by atoms with Gasteiger partial charge < -0.3 is 10.2 Å². The zero-order valence-electron chi connectivity index (χ0n) is 13.9. The lowest BCUT2D eigenvalue weighted by Crippen LogP contribution is -2.54. The molecule has 2 aliphatic heterocycles. The molecule has 0 spiro atoms. The number of nitrogens with one attached hydrogen (secondary N) is 2. The lowest BCUT2D eigenvalue weighted by atomic mass is 9.84. The fraction of sp³-hybridized carbons (Fsp3) is 0.750. The van der Waals surface area contributed by atoms with Gasteiger partial charge >= 0.3 is 16.4 Å². The SMILES string of the molecule is N=C(NC(=O)C1CC(S(N)(=O)=O)C1)C1CCC2CN1C(=O)N2OS(=O)(=O)O. The van der Waals surface area contributed by atoms with Gasteiger partial charge in [-0.1, -0.05) is 0 Å². The van der Waals surface area contributed by atoms with E-state index < -0.39 is 55.6 Å². The number of urea groups is 1. The predicted molar refractivity (Wildman–Crippen MR) is 88.9 cm³/mol. The summed E-state index contributed by atoms with van der Waals surface area (Å²) >= 11 is 0. The van der Waals surface area contributed by atoms with E-state index in [2.05, 4.69) is 9.60 Å². The second-order valence-corrected chi connectivity index (χ2v) is 9.64. The Morgan fingerprint density at radius 3 is 2.44 bits per heavy atom. The lowest BCUT2D eigenvalue weighted by Gasteiger charge is -2.34. The molecular formula is C12H19N5O8S2. The molecule has 5 N–H and O–H groups in total. The van der Waals surface area contributed by atoms with Crippen molar-refractivity contribution < 1.29 is 35.3 Å². The van der Waals surface area contributed by atoms with Gasteiger partial charge in [0.15, 0.2) is 0 Å². The Kier molecular flexibility index (Phi) is 4.92. The Bertz CT molecular complexity index is 881. The van der Waals surface area contributed by atoms with Crippen molar-refractivity contribution in [2.75, 3.05) is 6.54 Å². The smallest absolute Gasteiger partial charge is 0.313 e. The highest BCUT2D eigenvalue weighted by molar-refractivity contribution is 7.89. The van der Waals surface area contributed by atoms with Crippen LogP contribution in [0.4, 0.5) is 4.79 Å². The number of amidine groups is 1. The van der Waals surface area contributed by atoms with Crippen LogP contribution in [0.15, 0.2) is 0 Å². The normalized spacial score (nSPS) is 30.8. The Morgan fingerprint density at radius 2 is 1.89 bits per heavy atom. The Morgan fingerprint density at radius 1 is 1.26 bits per heavy atom. The topological polar surface area (TPSA) is 200 Å². The van der Waals surface area contributed by atoms with Crippen LogP contribution >= 0.6 is 0 Å². The molecular weight excluding hydrogens is 406 g/mol. The molecule has 27 heavy (non-hydrogen) atoms. The molecule has 3 amide bonds. The first-order valence-electron chi connectivity index (χ1n) is 8.04. The molecule has 152 valence electrons. The second kappa shape index (κ2) is 6.66. The van der Waals surface area contributed by atoms with E-state index >= 15 is 0 Å². The standard InChI is InChI=1S/C12H19N5O8S2/c13-10(15-11(18)6-3-8(4-6)26(14,20)21)9-2-1-7-5-16(9)12(19)17(7)25-27(22,23)24/h6-9H,1-5H2,(H2,13,15,18)(H2,14,20,21)(H,22,23,24). The minimum atomic E-state index is -4.86. The summed E-state index contributed by atoms with van der Waals surface area (Å²) in [5.41, 5.74) is 0. The summed E-state index contributed by atoms with van der Waals surface area (Å²) in [6.07, 6.45) is 0.732. The maximum Gasteiger partial charge on any atom is 0.418 e. The van der Waals surface area contributed by atoms with Gasteiger partial charge in [-0.25, -0.2) is 18.4 Å². The molecule has 2 saturated heterocycles. The highest BCUT2D eigenvalue weighted by Crippen LogP contribution is 2.33. The van der Waals surface area contributed by atoms with Gasteiger partial charge in [0.05, 0.1) is 17.3 Å². The van der Waals surface area contributed by atoms with Crippen LogP contribution in [-0.2, 0) is 29.5 Å². The zero-order chi connectivity index (χ0) is 20.1. The molecule has 15 heteroatoms. The molecule has 1 saturated carbocycles. The number of primary sulfonamides is 1. The molecule has 2 atom stereocenters. The van der Waals surface area contributed by atoms with Gasteiger partial charge in [0.1, 0.15) is 5.84 Å². The van der Waals surface area contributed by atoms with E-state index in [1.165, 1.54) is 4.90 Å². The van der Waals surface area contributed by atoms with Crippen molar-refractivity contribution in [2.45, 2.75) is 43.0 Å². The molecule has 0 aromatic rings. The van der Waals surface area contributed by atoms with Crippen molar-refractivity contribution in [3.8, 4) is 0 Å². The molecule has 3 aliphatic rings. The third-order valence-electron chi connectivity index (χ3n) is 5.02. The minimum absolute atomic E-state index is 0.0727. The third kappa shape index (κ3) is 4.06. The maximum absolute atomic E-state index is 12.3. The number of sulfonamides is 1. The highest BCUT2D eigenvalue weighted by atomic mass is 32.3. The summed E-state index contributed by atoms with van der Waals surface area (Å²) in [5.74, 6) is -1.36. The van der Waals surface area contributed by atoms with Gasteiger partial charge in [-0.2, -0.15) is 13.5 Å². The number of nitrogens with zero attached hydrogens (tertiary/aromatic N) is 2. The second-order valence-electron chi connectivity index (χ2n) is 6.79. The van der Waals surface area contributed by atoms with E-state index in [0.717, 1.165) is 0 Å². The van der Waals surface area contributed by atoms with Gasteiger partial charge in [-0.3, -0.25) is 14.8 Å². The van der Waals surface area contributed by atoms with Gasteiger partial charge in [0, 0.05) is 12.5 Å². The number of carbonyl (C=O) groups excluding carboxylic acids is 2. The van der Waals surface area contributed by atoms with Crippen molar-refractivity contribution >= 4 is 38.2 Å². The quantitative estimate of drug-likeness (QED) is 0.223. The number of hydrogen-bond acceptors (Lipinski definition) is 8. The van der Waals surface area contributed by atoms with Crippen LogP contribution in [0.3, 0.4) is 0 Å². The first-order valence-corrected chi connectivity index (χ1v) is 11.0. The molecule has 0 aromatic heterocycles. The van der Waals surface area contributed by atoms with Crippen molar-refractivity contribution in [3.05, 3.63) is 0 Å². The van der Waals surface area contributed by atoms with E-state index in [-0.39, 0.29) is 31.6 Å². The van der Waals surface area contributed by atoms with E-state index in [1.807, 2.05) is 0 Å². The fourth-order valence-electron chi connectivity index (χ4n) is 3.50. The van der Waals surface area contributed by atoms with Crippen LogP contribution in [0, 0.1) is 11.3 Å². The largest absolute Gasteiger partial charge is 0.418 e. The number of fused-ring (bicyclic) bond motifs is 2. The van der Waals surface area contributed by atoms with Crippen molar-refractivity contribution in [1.29, 1.82) is 5.41 Å². The summed E-state index contributed by atoms with van der Waals surface area (Å²) in [7, 11) is -8.56. The van der Waals surface area contributed by atoms with Gasteiger partial charge in [0.2, 0.25) is 15.9 Å². The van der Waals surface area contributed by atoms with Crippen LogP contribution in [0.25, 0.3) is 0 Å². The third-order valence-corrected chi connectivity index (χ3v) is 6.68. The molecule has 13 nitrogen and oxygen atoms in total. The van der Waals surface area contributed by atoms with Crippen LogP contribution in [0.1, 0.15) is 25.7 Å².